The maximum atomic E-state index is 11.0. The number of hydrogen-bond donors (Lipinski definition) is 2. The Morgan fingerprint density at radius 2 is 1.87 bits per heavy atom. The van der Waals surface area contributed by atoms with Gasteiger partial charge in [-0.3, -0.25) is 4.68 Å². The van der Waals surface area contributed by atoms with Crippen molar-refractivity contribution in [2.75, 3.05) is 5.84 Å². The zero-order chi connectivity index (χ0) is 11.7. The van der Waals surface area contributed by atoms with Gasteiger partial charge in [-0.25, -0.2) is 4.79 Å². The fourth-order valence-corrected chi connectivity index (χ4v) is 1.77. The first-order valence-corrected chi connectivity index (χ1v) is 5.10. The first kappa shape index (κ1) is 11.6. The van der Waals surface area contributed by atoms with Crippen molar-refractivity contribution < 1.29 is 9.90 Å². The minimum atomic E-state index is -0.912. The Hall–Kier alpha value is -1.45. The molecule has 1 rings (SSSR count). The van der Waals surface area contributed by atoms with Crippen LogP contribution in [0.1, 0.15) is 61.3 Å². The smallest absolute Gasteiger partial charge is 0.337 e. The SMILES string of the molecule is CC(C)c1cc(C(=O)O)c(C(C)C)n1N. The Morgan fingerprint density at radius 3 is 2.13 bits per heavy atom. The Morgan fingerprint density at radius 1 is 1.33 bits per heavy atom. The number of aromatic nitrogens is 1. The molecule has 0 aliphatic heterocycles. The number of hydrogen-bond acceptors (Lipinski definition) is 2. The van der Waals surface area contributed by atoms with Crippen molar-refractivity contribution in [3.8, 4) is 0 Å². The maximum absolute atomic E-state index is 11.0. The first-order chi connectivity index (χ1) is 6.86. The van der Waals surface area contributed by atoms with Crippen LogP contribution in [0.3, 0.4) is 0 Å². The molecule has 4 nitrogen and oxygen atoms in total. The van der Waals surface area contributed by atoms with Crippen molar-refractivity contribution in [3.63, 3.8) is 0 Å². The van der Waals surface area contributed by atoms with E-state index in [2.05, 4.69) is 0 Å². The van der Waals surface area contributed by atoms with Crippen LogP contribution in [-0.4, -0.2) is 15.8 Å². The van der Waals surface area contributed by atoms with Gasteiger partial charge in [-0.2, -0.15) is 0 Å². The Balaban J connectivity index is 3.39. The Labute approximate surface area is 89.7 Å². The number of nitrogens with zero attached hydrogens (tertiary/aromatic N) is 1. The normalized spacial score (nSPS) is 11.3. The monoisotopic (exact) mass is 210 g/mol. The van der Waals surface area contributed by atoms with E-state index in [1.54, 1.807) is 6.07 Å². The van der Waals surface area contributed by atoms with E-state index in [0.29, 0.717) is 11.3 Å². The van der Waals surface area contributed by atoms with E-state index in [1.165, 1.54) is 4.68 Å². The topological polar surface area (TPSA) is 68.2 Å². The molecular weight excluding hydrogens is 192 g/mol. The van der Waals surface area contributed by atoms with E-state index in [1.807, 2.05) is 27.7 Å². The third-order valence-corrected chi connectivity index (χ3v) is 2.47. The Bertz CT molecular complexity index is 378. The second-order valence-corrected chi connectivity index (χ2v) is 4.35. The lowest BCUT2D eigenvalue weighted by Crippen LogP contribution is -2.18. The largest absolute Gasteiger partial charge is 0.478 e. The van der Waals surface area contributed by atoms with Crippen LogP contribution in [0.4, 0.5) is 0 Å². The molecule has 0 saturated carbocycles. The highest BCUT2D eigenvalue weighted by Crippen LogP contribution is 2.26. The summed E-state index contributed by atoms with van der Waals surface area (Å²) in [5, 5.41) is 9.07. The molecule has 0 amide bonds. The van der Waals surface area contributed by atoms with E-state index in [9.17, 15) is 4.79 Å². The van der Waals surface area contributed by atoms with E-state index in [-0.39, 0.29) is 11.8 Å². The van der Waals surface area contributed by atoms with Gasteiger partial charge in [-0.15, -0.1) is 0 Å². The summed E-state index contributed by atoms with van der Waals surface area (Å²) in [4.78, 5) is 11.0. The third-order valence-electron chi connectivity index (χ3n) is 2.47. The molecule has 0 aromatic carbocycles. The number of nitrogen functional groups attached to an aromatic ring is 1. The molecule has 0 aliphatic carbocycles. The molecule has 3 N–H and O–H groups in total. The highest BCUT2D eigenvalue weighted by molar-refractivity contribution is 5.89. The maximum Gasteiger partial charge on any atom is 0.337 e. The zero-order valence-corrected chi connectivity index (χ0v) is 9.61. The van der Waals surface area contributed by atoms with E-state index in [0.717, 1.165) is 5.69 Å². The molecule has 0 atom stereocenters. The summed E-state index contributed by atoms with van der Waals surface area (Å²) in [6.07, 6.45) is 0. The molecule has 0 unspecified atom stereocenters. The van der Waals surface area contributed by atoms with Crippen LogP contribution >= 0.6 is 0 Å². The van der Waals surface area contributed by atoms with Crippen molar-refractivity contribution in [1.29, 1.82) is 0 Å². The standard InChI is InChI=1S/C11H18N2O2/c1-6(2)9-5-8(11(14)15)10(7(3)4)13(9)12/h5-7H,12H2,1-4H3,(H,14,15). The highest BCUT2D eigenvalue weighted by atomic mass is 16.4. The summed E-state index contributed by atoms with van der Waals surface area (Å²) in [6, 6.07) is 1.67. The van der Waals surface area contributed by atoms with Crippen LogP contribution in [0.5, 0.6) is 0 Å². The van der Waals surface area contributed by atoms with Crippen molar-refractivity contribution in [1.82, 2.24) is 4.68 Å². The average molecular weight is 210 g/mol. The molecule has 0 bridgehead atoms. The van der Waals surface area contributed by atoms with Gasteiger partial charge in [0.25, 0.3) is 0 Å². The van der Waals surface area contributed by atoms with Gasteiger partial charge in [0.05, 0.1) is 11.3 Å². The van der Waals surface area contributed by atoms with Crippen LogP contribution < -0.4 is 5.84 Å². The van der Waals surface area contributed by atoms with Crippen LogP contribution in [0.15, 0.2) is 6.07 Å². The minimum absolute atomic E-state index is 0.105. The number of carbonyl (C=O) groups is 1. The van der Waals surface area contributed by atoms with Crippen LogP contribution in [0.2, 0.25) is 0 Å². The van der Waals surface area contributed by atoms with Gasteiger partial charge < -0.3 is 10.9 Å². The molecule has 4 heteroatoms. The average Bonchev–Trinajstić information content (AvgIpc) is 2.42. The van der Waals surface area contributed by atoms with Crippen molar-refractivity contribution >= 4 is 5.97 Å². The van der Waals surface area contributed by atoms with Crippen molar-refractivity contribution in [2.24, 2.45) is 0 Å². The van der Waals surface area contributed by atoms with Crippen molar-refractivity contribution in [3.05, 3.63) is 23.0 Å². The first-order valence-electron chi connectivity index (χ1n) is 5.10. The van der Waals surface area contributed by atoms with Gasteiger partial charge in [-0.1, -0.05) is 27.7 Å². The van der Waals surface area contributed by atoms with Gasteiger partial charge >= 0.3 is 5.97 Å². The van der Waals surface area contributed by atoms with Gasteiger partial charge in [-0.05, 0) is 17.9 Å². The minimum Gasteiger partial charge on any atom is -0.478 e. The van der Waals surface area contributed by atoms with E-state index in [4.69, 9.17) is 10.9 Å². The lowest BCUT2D eigenvalue weighted by atomic mass is 10.1. The van der Waals surface area contributed by atoms with Crippen LogP contribution in [-0.2, 0) is 0 Å². The molecule has 1 aromatic rings. The molecule has 0 radical (unpaired) electrons. The second kappa shape index (κ2) is 3.96. The molecule has 0 spiro atoms. The number of nitrogens with two attached hydrogens (primary N) is 1. The third kappa shape index (κ3) is 1.98. The summed E-state index contributed by atoms with van der Waals surface area (Å²) < 4.78 is 1.51. The summed E-state index contributed by atoms with van der Waals surface area (Å²) >= 11 is 0. The number of carboxylic acids is 1. The molecule has 84 valence electrons. The van der Waals surface area contributed by atoms with Gasteiger partial charge in [0.2, 0.25) is 0 Å². The summed E-state index contributed by atoms with van der Waals surface area (Å²) in [7, 11) is 0. The quantitative estimate of drug-likeness (QED) is 0.751. The predicted molar refractivity (Wildman–Crippen MR) is 59.7 cm³/mol. The number of aromatic carboxylic acids is 1. The summed E-state index contributed by atoms with van der Waals surface area (Å²) in [6.45, 7) is 7.87. The molecular formula is C11H18N2O2. The summed E-state index contributed by atoms with van der Waals surface area (Å²) in [5.41, 5.74) is 1.86. The van der Waals surface area contributed by atoms with Crippen molar-refractivity contribution in [2.45, 2.75) is 39.5 Å². The van der Waals surface area contributed by atoms with E-state index >= 15 is 0 Å². The molecule has 0 aliphatic rings. The van der Waals surface area contributed by atoms with Crippen LogP contribution in [0, 0.1) is 0 Å². The Kier molecular flexibility index (Phi) is 3.07. The van der Waals surface area contributed by atoms with Gasteiger partial charge in [0.15, 0.2) is 0 Å². The number of carboxylic acid groups (broad SMARTS) is 1. The second-order valence-electron chi connectivity index (χ2n) is 4.35. The fraction of sp³-hybridized carbons (Fsp3) is 0.545. The molecule has 1 heterocycles. The molecule has 1 aromatic heterocycles. The highest BCUT2D eigenvalue weighted by Gasteiger charge is 2.21. The van der Waals surface area contributed by atoms with Gasteiger partial charge in [0.1, 0.15) is 0 Å². The lowest BCUT2D eigenvalue weighted by Gasteiger charge is -2.12. The zero-order valence-electron chi connectivity index (χ0n) is 9.61. The lowest BCUT2D eigenvalue weighted by molar-refractivity contribution is 0.0695. The molecule has 15 heavy (non-hydrogen) atoms. The number of rotatable bonds is 3. The van der Waals surface area contributed by atoms with Crippen LogP contribution in [0.25, 0.3) is 0 Å². The summed E-state index contributed by atoms with van der Waals surface area (Å²) in [5.74, 6) is 5.31. The fourth-order valence-electron chi connectivity index (χ4n) is 1.77. The molecule has 0 fully saturated rings. The molecule has 0 saturated heterocycles. The van der Waals surface area contributed by atoms with Gasteiger partial charge in [0, 0.05) is 5.69 Å². The predicted octanol–water partition coefficient (Wildman–Crippen LogP) is 2.15. The van der Waals surface area contributed by atoms with E-state index < -0.39 is 5.97 Å².